The molecule has 1 rings (SSSR count). The van der Waals surface area contributed by atoms with E-state index in [2.05, 4.69) is 15.9 Å². The maximum Gasteiger partial charge on any atom is 0.311 e. The monoisotopic (exact) mass is 356 g/mol. The lowest BCUT2D eigenvalue weighted by Gasteiger charge is -2.28. The van der Waals surface area contributed by atoms with Gasteiger partial charge < -0.3 is 15.2 Å². The third-order valence-electron chi connectivity index (χ3n) is 3.72. The van der Waals surface area contributed by atoms with Crippen molar-refractivity contribution in [2.24, 2.45) is 11.3 Å². The summed E-state index contributed by atoms with van der Waals surface area (Å²) in [6, 6.07) is 7.85. The number of hydrogen-bond acceptors (Lipinski definition) is 3. The second kappa shape index (κ2) is 7.96. The van der Waals surface area contributed by atoms with Crippen LogP contribution in [-0.4, -0.2) is 34.7 Å². The summed E-state index contributed by atoms with van der Waals surface area (Å²) >= 11 is 3.38. The van der Waals surface area contributed by atoms with Crippen LogP contribution in [0.5, 0.6) is 0 Å². The lowest BCUT2D eigenvalue weighted by molar-refractivity contribution is -0.151. The highest BCUT2D eigenvalue weighted by Gasteiger charge is 2.35. The molecule has 0 heterocycles. The van der Waals surface area contributed by atoms with Crippen molar-refractivity contribution in [2.45, 2.75) is 32.9 Å². The second-order valence-corrected chi connectivity index (χ2v) is 6.93. The maximum absolute atomic E-state index is 11.3. The number of aliphatic hydroxyl groups is 1. The van der Waals surface area contributed by atoms with Gasteiger partial charge >= 0.3 is 5.97 Å². The Balaban J connectivity index is 2.85. The molecule has 0 fully saturated rings. The quantitative estimate of drug-likeness (QED) is 0.626. The molecule has 0 saturated heterocycles. The Morgan fingerprint density at radius 1 is 1.38 bits per heavy atom. The van der Waals surface area contributed by atoms with E-state index in [1.54, 1.807) is 13.7 Å². The molecule has 0 amide bonds. The second-order valence-electron chi connectivity index (χ2n) is 6.01. The Morgan fingerprint density at radius 3 is 2.38 bits per heavy atom. The molecule has 0 saturated carbocycles. The first-order chi connectivity index (χ1) is 9.76. The SMILES string of the molecule is CB(O)C[C@H](Cc1ccc(Br)cc1)C[C@@](C)(CO)C(=O)O. The van der Waals surface area contributed by atoms with Gasteiger partial charge in [0.1, 0.15) is 0 Å². The van der Waals surface area contributed by atoms with Crippen molar-refractivity contribution >= 4 is 28.8 Å². The average Bonchev–Trinajstić information content (AvgIpc) is 2.40. The van der Waals surface area contributed by atoms with Crippen molar-refractivity contribution in [3.63, 3.8) is 0 Å². The minimum absolute atomic E-state index is 0.000532. The molecule has 2 atom stereocenters. The number of aliphatic hydroxyl groups excluding tert-OH is 1. The van der Waals surface area contributed by atoms with E-state index in [0.717, 1.165) is 10.0 Å². The summed E-state index contributed by atoms with van der Waals surface area (Å²) in [5.41, 5.74) is -0.0795. The molecule has 0 aliphatic carbocycles. The first-order valence-corrected chi connectivity index (χ1v) is 7.83. The normalized spacial score (nSPS) is 15.3. The van der Waals surface area contributed by atoms with Gasteiger partial charge in [0, 0.05) is 4.47 Å². The molecule has 1 aromatic rings. The Hall–Kier alpha value is -0.845. The van der Waals surface area contributed by atoms with Crippen molar-refractivity contribution in [3.8, 4) is 0 Å². The minimum Gasteiger partial charge on any atom is -0.481 e. The zero-order valence-corrected chi connectivity index (χ0v) is 14.0. The van der Waals surface area contributed by atoms with Gasteiger partial charge in [0.25, 0.3) is 6.92 Å². The highest BCUT2D eigenvalue weighted by molar-refractivity contribution is 9.10. The number of carboxylic acid groups (broad SMARTS) is 1. The van der Waals surface area contributed by atoms with Crippen LogP contribution in [0.3, 0.4) is 0 Å². The van der Waals surface area contributed by atoms with Gasteiger partial charge in [-0.3, -0.25) is 4.79 Å². The molecule has 21 heavy (non-hydrogen) atoms. The minimum atomic E-state index is -1.17. The smallest absolute Gasteiger partial charge is 0.311 e. The molecule has 0 aromatic heterocycles. The first kappa shape index (κ1) is 18.2. The van der Waals surface area contributed by atoms with Crippen LogP contribution in [0.15, 0.2) is 28.7 Å². The summed E-state index contributed by atoms with van der Waals surface area (Å²) in [5.74, 6) is -1.00. The number of carboxylic acids is 1. The molecule has 3 N–H and O–H groups in total. The molecule has 116 valence electrons. The predicted molar refractivity (Wildman–Crippen MR) is 87.4 cm³/mol. The standard InChI is InChI=1S/C15H22BBrO4/c1-15(10-18,14(19)20)8-12(9-16(2)21)7-11-3-5-13(17)6-4-11/h3-6,12,18,21H,7-10H2,1-2H3,(H,19,20)/t12-,15+/m1/s1. The van der Waals surface area contributed by atoms with Gasteiger partial charge in [-0.15, -0.1) is 0 Å². The molecule has 0 aliphatic rings. The number of rotatable bonds is 8. The molecule has 0 bridgehead atoms. The largest absolute Gasteiger partial charge is 0.481 e. The zero-order chi connectivity index (χ0) is 16.0. The van der Waals surface area contributed by atoms with Crippen LogP contribution >= 0.6 is 15.9 Å². The van der Waals surface area contributed by atoms with E-state index in [4.69, 9.17) is 0 Å². The van der Waals surface area contributed by atoms with Gasteiger partial charge in [0.2, 0.25) is 0 Å². The fourth-order valence-corrected chi connectivity index (χ4v) is 2.80. The molecule has 0 aliphatic heterocycles. The van der Waals surface area contributed by atoms with Gasteiger partial charge in [-0.05, 0) is 49.7 Å². The van der Waals surface area contributed by atoms with Crippen LogP contribution in [0.4, 0.5) is 0 Å². The van der Waals surface area contributed by atoms with Crippen molar-refractivity contribution in [3.05, 3.63) is 34.3 Å². The molecule has 0 unspecified atom stereocenters. The highest BCUT2D eigenvalue weighted by atomic mass is 79.9. The third-order valence-corrected chi connectivity index (χ3v) is 4.25. The lowest BCUT2D eigenvalue weighted by atomic mass is 9.60. The summed E-state index contributed by atoms with van der Waals surface area (Å²) in [5, 5.41) is 28.3. The number of halogens is 1. The highest BCUT2D eigenvalue weighted by Crippen LogP contribution is 2.31. The Labute approximate surface area is 134 Å². The van der Waals surface area contributed by atoms with Crippen LogP contribution in [0.2, 0.25) is 13.1 Å². The first-order valence-electron chi connectivity index (χ1n) is 7.03. The summed E-state index contributed by atoms with van der Waals surface area (Å²) in [7, 11) is 0. The van der Waals surface area contributed by atoms with E-state index in [1.807, 2.05) is 24.3 Å². The number of aliphatic carboxylic acids is 1. The van der Waals surface area contributed by atoms with E-state index < -0.39 is 24.9 Å². The van der Waals surface area contributed by atoms with Crippen molar-refractivity contribution in [1.82, 2.24) is 0 Å². The summed E-state index contributed by atoms with van der Waals surface area (Å²) in [4.78, 5) is 11.3. The van der Waals surface area contributed by atoms with Crippen LogP contribution in [0, 0.1) is 11.3 Å². The fraction of sp³-hybridized carbons (Fsp3) is 0.533. The molecule has 4 nitrogen and oxygen atoms in total. The van der Waals surface area contributed by atoms with E-state index in [1.165, 1.54) is 0 Å². The Kier molecular flexibility index (Phi) is 6.90. The topological polar surface area (TPSA) is 77.8 Å². The van der Waals surface area contributed by atoms with E-state index in [-0.39, 0.29) is 5.92 Å². The van der Waals surface area contributed by atoms with Crippen molar-refractivity contribution < 1.29 is 20.0 Å². The zero-order valence-electron chi connectivity index (χ0n) is 12.4. The molecular weight excluding hydrogens is 335 g/mol. The van der Waals surface area contributed by atoms with Crippen LogP contribution in [0.1, 0.15) is 18.9 Å². The van der Waals surface area contributed by atoms with Crippen LogP contribution in [-0.2, 0) is 11.2 Å². The Bertz CT molecular complexity index is 463. The van der Waals surface area contributed by atoms with E-state index in [9.17, 15) is 20.0 Å². The van der Waals surface area contributed by atoms with Crippen LogP contribution < -0.4 is 0 Å². The molecule has 1 aromatic carbocycles. The van der Waals surface area contributed by atoms with Gasteiger partial charge in [-0.25, -0.2) is 0 Å². The number of hydrogen-bond donors (Lipinski definition) is 3. The lowest BCUT2D eigenvalue weighted by Crippen LogP contribution is -2.35. The summed E-state index contributed by atoms with van der Waals surface area (Å²) in [6.45, 7) is 2.35. The average molecular weight is 357 g/mol. The van der Waals surface area contributed by atoms with E-state index in [0.29, 0.717) is 19.2 Å². The van der Waals surface area contributed by atoms with Crippen molar-refractivity contribution in [1.29, 1.82) is 0 Å². The number of benzene rings is 1. The van der Waals surface area contributed by atoms with Gasteiger partial charge in [0.15, 0.2) is 0 Å². The molecule has 6 heteroatoms. The molecular formula is C15H22BBrO4. The van der Waals surface area contributed by atoms with Gasteiger partial charge in [-0.2, -0.15) is 0 Å². The Morgan fingerprint density at radius 2 is 1.95 bits per heavy atom. The molecule has 0 radical (unpaired) electrons. The van der Waals surface area contributed by atoms with Gasteiger partial charge in [0.05, 0.1) is 12.0 Å². The van der Waals surface area contributed by atoms with Crippen LogP contribution in [0.25, 0.3) is 0 Å². The van der Waals surface area contributed by atoms with Crippen molar-refractivity contribution in [2.75, 3.05) is 6.61 Å². The third kappa shape index (κ3) is 5.81. The fourth-order valence-electron chi connectivity index (χ4n) is 2.53. The van der Waals surface area contributed by atoms with Gasteiger partial charge in [-0.1, -0.05) is 34.9 Å². The maximum atomic E-state index is 11.3. The predicted octanol–water partition coefficient (Wildman–Crippen LogP) is 2.69. The summed E-state index contributed by atoms with van der Waals surface area (Å²) in [6.07, 6.45) is 1.53. The number of carbonyl (C=O) groups is 1. The van der Waals surface area contributed by atoms with E-state index >= 15 is 0 Å². The molecule has 0 spiro atoms. The summed E-state index contributed by atoms with van der Waals surface area (Å²) < 4.78 is 0.990.